The second kappa shape index (κ2) is 5.73. The molecule has 1 aromatic rings. The van der Waals surface area contributed by atoms with Crippen molar-refractivity contribution in [1.82, 2.24) is 4.90 Å². The zero-order valence-electron chi connectivity index (χ0n) is 10.9. The molecule has 0 saturated carbocycles. The van der Waals surface area contributed by atoms with E-state index in [-0.39, 0.29) is 18.9 Å². The minimum absolute atomic E-state index is 0.0275. The van der Waals surface area contributed by atoms with Crippen LogP contribution in [0.15, 0.2) is 18.2 Å². The van der Waals surface area contributed by atoms with Crippen molar-refractivity contribution in [3.63, 3.8) is 0 Å². The van der Waals surface area contributed by atoms with Gasteiger partial charge in [-0.3, -0.25) is 9.59 Å². The van der Waals surface area contributed by atoms with Gasteiger partial charge in [0.05, 0.1) is 19.4 Å². The minimum atomic E-state index is -0.894. The molecule has 1 amide bonds. The molecule has 5 nitrogen and oxygen atoms in total. The maximum atomic E-state index is 11.9. The van der Waals surface area contributed by atoms with Gasteiger partial charge in [0, 0.05) is 20.0 Å². The van der Waals surface area contributed by atoms with E-state index in [4.69, 9.17) is 9.84 Å². The van der Waals surface area contributed by atoms with Crippen molar-refractivity contribution in [3.05, 3.63) is 29.3 Å². The summed E-state index contributed by atoms with van der Waals surface area (Å²) in [5, 5.41) is 8.59. The molecule has 1 heterocycles. The van der Waals surface area contributed by atoms with Gasteiger partial charge in [0.25, 0.3) is 0 Å². The minimum Gasteiger partial charge on any atom is -0.493 e. The van der Waals surface area contributed by atoms with Crippen molar-refractivity contribution in [2.24, 2.45) is 0 Å². The Hall–Kier alpha value is -2.04. The van der Waals surface area contributed by atoms with Crippen LogP contribution in [-0.2, 0) is 22.4 Å². The number of carbonyl (C=O) groups is 2. The number of amides is 1. The Morgan fingerprint density at radius 1 is 1.42 bits per heavy atom. The van der Waals surface area contributed by atoms with Gasteiger partial charge in [-0.1, -0.05) is 12.1 Å². The van der Waals surface area contributed by atoms with E-state index in [2.05, 4.69) is 0 Å². The lowest BCUT2D eigenvalue weighted by atomic mass is 10.1. The third kappa shape index (κ3) is 3.47. The third-order valence-corrected chi connectivity index (χ3v) is 3.20. The summed E-state index contributed by atoms with van der Waals surface area (Å²) in [6.07, 6.45) is 1.15. The summed E-state index contributed by atoms with van der Waals surface area (Å²) in [7, 11) is 1.63. The van der Waals surface area contributed by atoms with Crippen LogP contribution in [0, 0.1) is 0 Å². The Morgan fingerprint density at radius 2 is 2.21 bits per heavy atom. The fourth-order valence-corrected chi connectivity index (χ4v) is 2.05. The predicted octanol–water partition coefficient (Wildman–Crippen LogP) is 1.10. The SMILES string of the molecule is CN(CCC(=O)O)C(=O)Cc1ccc2c(c1)CCO2. The average Bonchev–Trinajstić information content (AvgIpc) is 2.83. The molecule has 1 aliphatic rings. The van der Waals surface area contributed by atoms with E-state index >= 15 is 0 Å². The lowest BCUT2D eigenvalue weighted by Crippen LogP contribution is -2.30. The second-order valence-electron chi connectivity index (χ2n) is 4.68. The van der Waals surface area contributed by atoms with Gasteiger partial charge in [-0.2, -0.15) is 0 Å². The molecule has 1 aromatic carbocycles. The molecule has 1 N–H and O–H groups in total. The van der Waals surface area contributed by atoms with E-state index in [0.29, 0.717) is 13.0 Å². The first kappa shape index (κ1) is 13.4. The zero-order valence-corrected chi connectivity index (χ0v) is 10.9. The summed E-state index contributed by atoms with van der Waals surface area (Å²) < 4.78 is 5.41. The topological polar surface area (TPSA) is 66.8 Å². The Balaban J connectivity index is 1.93. The first-order chi connectivity index (χ1) is 9.06. The van der Waals surface area contributed by atoms with Gasteiger partial charge >= 0.3 is 5.97 Å². The van der Waals surface area contributed by atoms with Crippen LogP contribution in [0.2, 0.25) is 0 Å². The molecule has 19 heavy (non-hydrogen) atoms. The number of carbonyl (C=O) groups excluding carboxylic acids is 1. The van der Waals surface area contributed by atoms with Gasteiger partial charge in [-0.05, 0) is 17.2 Å². The monoisotopic (exact) mass is 263 g/mol. The van der Waals surface area contributed by atoms with E-state index < -0.39 is 5.97 Å². The van der Waals surface area contributed by atoms with Crippen molar-refractivity contribution in [2.45, 2.75) is 19.3 Å². The van der Waals surface area contributed by atoms with Gasteiger partial charge in [-0.15, -0.1) is 0 Å². The molecule has 0 bridgehead atoms. The smallest absolute Gasteiger partial charge is 0.305 e. The summed E-state index contributed by atoms with van der Waals surface area (Å²) in [6, 6.07) is 5.76. The number of rotatable bonds is 5. The molecule has 2 rings (SSSR count). The van der Waals surface area contributed by atoms with Crippen LogP contribution in [-0.4, -0.2) is 42.1 Å². The number of benzene rings is 1. The van der Waals surface area contributed by atoms with Crippen LogP contribution in [0.5, 0.6) is 5.75 Å². The van der Waals surface area contributed by atoms with E-state index in [9.17, 15) is 9.59 Å². The van der Waals surface area contributed by atoms with Crippen molar-refractivity contribution in [1.29, 1.82) is 0 Å². The van der Waals surface area contributed by atoms with Crippen molar-refractivity contribution in [2.75, 3.05) is 20.2 Å². The average molecular weight is 263 g/mol. The van der Waals surface area contributed by atoms with Crippen molar-refractivity contribution >= 4 is 11.9 Å². The number of ether oxygens (including phenoxy) is 1. The normalized spacial score (nSPS) is 12.7. The summed E-state index contributed by atoms with van der Waals surface area (Å²) >= 11 is 0. The number of hydrogen-bond acceptors (Lipinski definition) is 3. The third-order valence-electron chi connectivity index (χ3n) is 3.20. The van der Waals surface area contributed by atoms with Gasteiger partial charge in [-0.25, -0.2) is 0 Å². The van der Waals surface area contributed by atoms with Crippen LogP contribution in [0.1, 0.15) is 17.5 Å². The van der Waals surface area contributed by atoms with Crippen molar-refractivity contribution < 1.29 is 19.4 Å². The lowest BCUT2D eigenvalue weighted by Gasteiger charge is -2.16. The second-order valence-corrected chi connectivity index (χ2v) is 4.68. The van der Waals surface area contributed by atoms with Crippen LogP contribution < -0.4 is 4.74 Å². The Morgan fingerprint density at radius 3 is 2.95 bits per heavy atom. The molecule has 1 aliphatic heterocycles. The van der Waals surface area contributed by atoms with Crippen LogP contribution in [0.3, 0.4) is 0 Å². The van der Waals surface area contributed by atoms with E-state index in [1.807, 2.05) is 18.2 Å². The first-order valence-corrected chi connectivity index (χ1v) is 6.26. The highest BCUT2D eigenvalue weighted by Crippen LogP contribution is 2.26. The fourth-order valence-electron chi connectivity index (χ4n) is 2.05. The van der Waals surface area contributed by atoms with Gasteiger partial charge in [0.2, 0.25) is 5.91 Å². The Bertz CT molecular complexity index is 498. The molecule has 0 saturated heterocycles. The first-order valence-electron chi connectivity index (χ1n) is 6.26. The zero-order chi connectivity index (χ0) is 13.8. The summed E-state index contributed by atoms with van der Waals surface area (Å²) in [4.78, 5) is 23.8. The van der Waals surface area contributed by atoms with Gasteiger partial charge < -0.3 is 14.7 Å². The number of fused-ring (bicyclic) bond motifs is 1. The summed E-state index contributed by atoms with van der Waals surface area (Å²) in [6.45, 7) is 0.938. The number of likely N-dealkylation sites (N-methyl/N-ethyl adjacent to an activating group) is 1. The van der Waals surface area contributed by atoms with Crippen LogP contribution in [0.4, 0.5) is 0 Å². The summed E-state index contributed by atoms with van der Waals surface area (Å²) in [5.41, 5.74) is 2.08. The molecule has 0 fully saturated rings. The summed E-state index contributed by atoms with van der Waals surface area (Å²) in [5.74, 6) is -0.0649. The molecule has 0 aromatic heterocycles. The van der Waals surface area contributed by atoms with E-state index in [1.165, 1.54) is 4.90 Å². The molecular formula is C14H17NO4. The molecule has 0 unspecified atom stereocenters. The van der Waals surface area contributed by atoms with E-state index in [0.717, 1.165) is 23.3 Å². The molecule has 0 aliphatic carbocycles. The highest BCUT2D eigenvalue weighted by Gasteiger charge is 2.15. The predicted molar refractivity (Wildman–Crippen MR) is 69.2 cm³/mol. The quantitative estimate of drug-likeness (QED) is 0.863. The highest BCUT2D eigenvalue weighted by atomic mass is 16.5. The number of aliphatic carboxylic acids is 1. The van der Waals surface area contributed by atoms with Gasteiger partial charge in [0.1, 0.15) is 5.75 Å². The Labute approximate surface area is 111 Å². The van der Waals surface area contributed by atoms with E-state index in [1.54, 1.807) is 7.05 Å². The Kier molecular flexibility index (Phi) is 4.04. The standard InChI is InChI=1S/C14H17NO4/c1-15(6-4-14(17)18)13(16)9-10-2-3-12-11(8-10)5-7-19-12/h2-3,8H,4-7,9H2,1H3,(H,17,18). The number of carboxylic acid groups (broad SMARTS) is 1. The number of carboxylic acids is 1. The molecule has 102 valence electrons. The van der Waals surface area contributed by atoms with Crippen LogP contribution >= 0.6 is 0 Å². The largest absolute Gasteiger partial charge is 0.493 e. The molecular weight excluding hydrogens is 246 g/mol. The van der Waals surface area contributed by atoms with Crippen LogP contribution in [0.25, 0.3) is 0 Å². The number of nitrogens with zero attached hydrogens (tertiary/aromatic N) is 1. The fraction of sp³-hybridized carbons (Fsp3) is 0.429. The maximum Gasteiger partial charge on any atom is 0.305 e. The highest BCUT2D eigenvalue weighted by molar-refractivity contribution is 5.79. The molecule has 0 spiro atoms. The maximum absolute atomic E-state index is 11.9. The number of hydrogen-bond donors (Lipinski definition) is 1. The molecule has 0 radical (unpaired) electrons. The molecule has 5 heteroatoms. The lowest BCUT2D eigenvalue weighted by molar-refractivity contribution is -0.138. The van der Waals surface area contributed by atoms with Crippen molar-refractivity contribution in [3.8, 4) is 5.75 Å². The molecule has 0 atom stereocenters. The van der Waals surface area contributed by atoms with Gasteiger partial charge in [0.15, 0.2) is 0 Å².